The van der Waals surface area contributed by atoms with E-state index in [0.29, 0.717) is 17.5 Å². The SMILES string of the molecule is CCCCCCCCc1cc(-c2cc(-c3nc(-c4ccccc4)nc(-c4ccccc4)n3)cc(-c3cc4sc(C)cc4s3)c2)c(CCCCCCCC)cc1C. The average molecular weight is 776 g/mol. The van der Waals surface area contributed by atoms with Crippen molar-refractivity contribution in [1.29, 1.82) is 0 Å². The van der Waals surface area contributed by atoms with Gasteiger partial charge in [-0.3, -0.25) is 0 Å². The van der Waals surface area contributed by atoms with Gasteiger partial charge >= 0.3 is 0 Å². The van der Waals surface area contributed by atoms with Crippen LogP contribution in [0.3, 0.4) is 0 Å². The first-order chi connectivity index (χ1) is 27.5. The van der Waals surface area contributed by atoms with E-state index < -0.39 is 0 Å². The van der Waals surface area contributed by atoms with Crippen molar-refractivity contribution in [3.05, 3.63) is 125 Å². The van der Waals surface area contributed by atoms with Gasteiger partial charge in [0.25, 0.3) is 0 Å². The summed E-state index contributed by atoms with van der Waals surface area (Å²) in [5, 5.41) is 0. The molecule has 5 heteroatoms. The summed E-state index contributed by atoms with van der Waals surface area (Å²) in [6.45, 7) is 9.14. The number of thiophene rings is 2. The Kier molecular flexibility index (Phi) is 13.9. The van der Waals surface area contributed by atoms with Crippen LogP contribution in [0.1, 0.15) is 112 Å². The minimum atomic E-state index is 0.689. The van der Waals surface area contributed by atoms with E-state index in [-0.39, 0.29) is 0 Å². The Bertz CT molecular complexity index is 2230. The molecule has 0 aliphatic heterocycles. The minimum absolute atomic E-state index is 0.689. The van der Waals surface area contributed by atoms with Gasteiger partial charge in [-0.1, -0.05) is 151 Å². The average Bonchev–Trinajstić information content (AvgIpc) is 3.79. The number of benzene rings is 4. The molecule has 0 atom stereocenters. The molecule has 0 radical (unpaired) electrons. The van der Waals surface area contributed by atoms with Crippen LogP contribution in [-0.4, -0.2) is 15.0 Å². The number of hydrogen-bond donors (Lipinski definition) is 0. The second-order valence-electron chi connectivity index (χ2n) is 15.5. The van der Waals surface area contributed by atoms with Crippen molar-refractivity contribution < 1.29 is 0 Å². The van der Waals surface area contributed by atoms with Gasteiger partial charge < -0.3 is 0 Å². The van der Waals surface area contributed by atoms with Crippen LogP contribution in [0.15, 0.2) is 103 Å². The summed E-state index contributed by atoms with van der Waals surface area (Å²) in [4.78, 5) is 18.1. The molecule has 3 heterocycles. The molecule has 0 unspecified atom stereocenters. The van der Waals surface area contributed by atoms with E-state index in [2.05, 4.69) is 119 Å². The van der Waals surface area contributed by atoms with Crippen LogP contribution in [0.5, 0.6) is 0 Å². The fourth-order valence-corrected chi connectivity index (χ4v) is 10.1. The highest BCUT2D eigenvalue weighted by Crippen LogP contribution is 2.42. The maximum absolute atomic E-state index is 5.21. The number of nitrogens with zero attached hydrogens (tertiary/aromatic N) is 3. The van der Waals surface area contributed by atoms with Crippen molar-refractivity contribution in [3.63, 3.8) is 0 Å². The van der Waals surface area contributed by atoms with Crippen LogP contribution >= 0.6 is 22.7 Å². The van der Waals surface area contributed by atoms with Gasteiger partial charge in [-0.05, 0) is 103 Å². The number of rotatable bonds is 19. The molecule has 0 spiro atoms. The minimum Gasteiger partial charge on any atom is -0.208 e. The standard InChI is InChI=1S/C51H57N3S2/c1-5-7-9-11-13-17-27-40-34-45(41(29-36(40)3)28-18-14-12-10-8-6-2)42-31-43(46-35-48-47(56-46)30-37(4)55-48)33-44(32-42)51-53-49(38-23-19-15-20-24-38)52-50(54-51)39-25-21-16-22-26-39/h15-16,19-26,29-35H,5-14,17-18,27-28H2,1-4H3. The van der Waals surface area contributed by atoms with Crippen molar-refractivity contribution in [2.24, 2.45) is 0 Å². The van der Waals surface area contributed by atoms with Crippen molar-refractivity contribution in [3.8, 4) is 55.7 Å². The molecule has 0 saturated heterocycles. The maximum Gasteiger partial charge on any atom is 0.164 e. The predicted molar refractivity (Wildman–Crippen MR) is 244 cm³/mol. The van der Waals surface area contributed by atoms with E-state index in [4.69, 9.17) is 15.0 Å². The van der Waals surface area contributed by atoms with E-state index in [9.17, 15) is 0 Å². The fourth-order valence-electron chi connectivity index (χ4n) is 7.84. The molecule has 0 aliphatic rings. The van der Waals surface area contributed by atoms with Gasteiger partial charge in [0.2, 0.25) is 0 Å². The number of unbranched alkanes of at least 4 members (excludes halogenated alkanes) is 10. The Balaban J connectivity index is 1.36. The summed E-state index contributed by atoms with van der Waals surface area (Å²) < 4.78 is 2.71. The molecule has 56 heavy (non-hydrogen) atoms. The molecule has 0 amide bonds. The molecule has 0 N–H and O–H groups in total. The monoisotopic (exact) mass is 775 g/mol. The van der Waals surface area contributed by atoms with Gasteiger partial charge in [0.05, 0.1) is 0 Å². The predicted octanol–water partition coefficient (Wildman–Crippen LogP) is 15.9. The van der Waals surface area contributed by atoms with Gasteiger partial charge in [-0.15, -0.1) is 22.7 Å². The molecule has 0 bridgehead atoms. The van der Waals surface area contributed by atoms with Crippen LogP contribution in [0.2, 0.25) is 0 Å². The number of fused-ring (bicyclic) bond motifs is 1. The molecule has 3 aromatic heterocycles. The van der Waals surface area contributed by atoms with Crippen molar-refractivity contribution in [2.45, 2.75) is 118 Å². The quantitative estimate of drug-likeness (QED) is 0.0768. The lowest BCUT2D eigenvalue weighted by Gasteiger charge is -2.18. The molecule has 7 rings (SSSR count). The second-order valence-corrected chi connectivity index (χ2v) is 17.9. The zero-order chi connectivity index (χ0) is 38.7. The number of aryl methyl sites for hydroxylation is 4. The lowest BCUT2D eigenvalue weighted by molar-refractivity contribution is 0.605. The van der Waals surface area contributed by atoms with Gasteiger partial charge in [0, 0.05) is 35.8 Å². The first-order valence-corrected chi connectivity index (χ1v) is 22.8. The highest BCUT2D eigenvalue weighted by Gasteiger charge is 2.18. The summed E-state index contributed by atoms with van der Waals surface area (Å²) in [7, 11) is 0. The molecule has 3 nitrogen and oxygen atoms in total. The largest absolute Gasteiger partial charge is 0.208 e. The van der Waals surface area contributed by atoms with Gasteiger partial charge in [-0.25, -0.2) is 15.0 Å². The van der Waals surface area contributed by atoms with E-state index >= 15 is 0 Å². The summed E-state index contributed by atoms with van der Waals surface area (Å²) in [6, 6.07) is 37.5. The molecular formula is C51H57N3S2. The third-order valence-electron chi connectivity index (χ3n) is 11.0. The van der Waals surface area contributed by atoms with Crippen LogP contribution in [-0.2, 0) is 12.8 Å². The summed E-state index contributed by atoms with van der Waals surface area (Å²) in [5.41, 5.74) is 11.2. The molecule has 7 aromatic rings. The zero-order valence-corrected chi connectivity index (χ0v) is 35.5. The lowest BCUT2D eigenvalue weighted by atomic mass is 9.88. The molecule has 288 valence electrons. The summed E-state index contributed by atoms with van der Waals surface area (Å²) in [6.07, 6.45) is 17.9. The van der Waals surface area contributed by atoms with Crippen molar-refractivity contribution in [1.82, 2.24) is 15.0 Å². The summed E-state index contributed by atoms with van der Waals surface area (Å²) >= 11 is 3.77. The van der Waals surface area contributed by atoms with Gasteiger partial charge in [-0.2, -0.15) is 0 Å². The fraction of sp³-hybridized carbons (Fsp3) is 0.353. The summed E-state index contributed by atoms with van der Waals surface area (Å²) in [5.74, 6) is 2.08. The zero-order valence-electron chi connectivity index (χ0n) is 33.9. The molecule has 0 aliphatic carbocycles. The van der Waals surface area contributed by atoms with Crippen LogP contribution in [0.25, 0.3) is 65.1 Å². The number of aromatic nitrogens is 3. The van der Waals surface area contributed by atoms with Crippen LogP contribution in [0.4, 0.5) is 0 Å². The topological polar surface area (TPSA) is 38.7 Å². The molecule has 4 aromatic carbocycles. The Morgan fingerprint density at radius 1 is 0.429 bits per heavy atom. The third kappa shape index (κ3) is 10.1. The number of hydrogen-bond acceptors (Lipinski definition) is 5. The Labute approximate surface area is 343 Å². The Morgan fingerprint density at radius 2 is 0.929 bits per heavy atom. The van der Waals surface area contributed by atoms with Crippen molar-refractivity contribution >= 4 is 32.1 Å². The van der Waals surface area contributed by atoms with Crippen molar-refractivity contribution in [2.75, 3.05) is 0 Å². The third-order valence-corrected chi connectivity index (χ3v) is 13.2. The second kappa shape index (κ2) is 19.6. The highest BCUT2D eigenvalue weighted by atomic mass is 32.1. The lowest BCUT2D eigenvalue weighted by Crippen LogP contribution is -2.01. The highest BCUT2D eigenvalue weighted by molar-refractivity contribution is 7.29. The Morgan fingerprint density at radius 3 is 1.52 bits per heavy atom. The van der Waals surface area contributed by atoms with Crippen LogP contribution < -0.4 is 0 Å². The molecule has 0 fully saturated rings. The van der Waals surface area contributed by atoms with Gasteiger partial charge in [0.1, 0.15) is 0 Å². The van der Waals surface area contributed by atoms with Crippen LogP contribution in [0, 0.1) is 13.8 Å². The smallest absolute Gasteiger partial charge is 0.164 e. The first-order valence-electron chi connectivity index (χ1n) is 21.1. The molecular weight excluding hydrogens is 719 g/mol. The van der Waals surface area contributed by atoms with E-state index in [1.165, 1.54) is 130 Å². The van der Waals surface area contributed by atoms with E-state index in [1.807, 2.05) is 34.8 Å². The molecule has 0 saturated carbocycles. The van der Waals surface area contributed by atoms with E-state index in [0.717, 1.165) is 29.5 Å². The maximum atomic E-state index is 5.21. The van der Waals surface area contributed by atoms with E-state index in [1.54, 1.807) is 0 Å². The Hall–Kier alpha value is -4.45. The first kappa shape index (κ1) is 39.8. The normalized spacial score (nSPS) is 11.5. The van der Waals surface area contributed by atoms with Gasteiger partial charge in [0.15, 0.2) is 17.5 Å².